The number of benzene rings is 1. The van der Waals surface area contributed by atoms with Crippen molar-refractivity contribution < 1.29 is 23.8 Å². The maximum Gasteiger partial charge on any atom is 0.311 e. The lowest BCUT2D eigenvalue weighted by Gasteiger charge is -2.33. The second-order valence-corrected chi connectivity index (χ2v) is 5.36. The molecule has 0 unspecified atom stereocenters. The second kappa shape index (κ2) is 6.22. The first kappa shape index (κ1) is 15.4. The molecule has 21 heavy (non-hydrogen) atoms. The zero-order chi connectivity index (χ0) is 15.5. The summed E-state index contributed by atoms with van der Waals surface area (Å²) in [5, 5.41) is 11.9. The van der Waals surface area contributed by atoms with Crippen molar-refractivity contribution >= 4 is 11.9 Å². The summed E-state index contributed by atoms with van der Waals surface area (Å²) in [5.41, 5.74) is -0.336. The standard InChI is InChI=1S/C15H18FNO4/c1-10-2-3-12(16)11(8-10)13(18)17-9-15(14(19)20)4-6-21-7-5-15/h2-3,8H,4-7,9H2,1H3,(H,17,18)(H,19,20). The van der Waals surface area contributed by atoms with Gasteiger partial charge in [0.25, 0.3) is 5.91 Å². The van der Waals surface area contributed by atoms with Gasteiger partial charge in [0.2, 0.25) is 0 Å². The summed E-state index contributed by atoms with van der Waals surface area (Å²) in [4.78, 5) is 23.5. The molecule has 1 aromatic rings. The van der Waals surface area contributed by atoms with Crippen molar-refractivity contribution in [2.24, 2.45) is 5.41 Å². The SMILES string of the molecule is Cc1ccc(F)c(C(=O)NCC2(C(=O)O)CCOCC2)c1. The van der Waals surface area contributed by atoms with Crippen LogP contribution >= 0.6 is 0 Å². The van der Waals surface area contributed by atoms with Gasteiger partial charge in [0.1, 0.15) is 5.82 Å². The molecule has 2 N–H and O–H groups in total. The van der Waals surface area contributed by atoms with Crippen molar-refractivity contribution in [1.82, 2.24) is 5.32 Å². The van der Waals surface area contributed by atoms with Gasteiger partial charge < -0.3 is 15.2 Å². The number of hydrogen-bond donors (Lipinski definition) is 2. The summed E-state index contributed by atoms with van der Waals surface area (Å²) in [6.45, 7) is 2.42. The minimum Gasteiger partial charge on any atom is -0.481 e. The number of carboxylic acids is 1. The Bertz CT molecular complexity index is 553. The zero-order valence-electron chi connectivity index (χ0n) is 11.8. The molecule has 1 saturated heterocycles. The average molecular weight is 295 g/mol. The van der Waals surface area contributed by atoms with Crippen molar-refractivity contribution in [1.29, 1.82) is 0 Å². The summed E-state index contributed by atoms with van der Waals surface area (Å²) in [5.74, 6) is -2.17. The summed E-state index contributed by atoms with van der Waals surface area (Å²) in [6.07, 6.45) is 0.665. The molecule has 1 aromatic carbocycles. The highest BCUT2D eigenvalue weighted by atomic mass is 19.1. The largest absolute Gasteiger partial charge is 0.481 e. The number of amides is 1. The van der Waals surface area contributed by atoms with E-state index in [1.807, 2.05) is 0 Å². The highest BCUT2D eigenvalue weighted by Gasteiger charge is 2.40. The summed E-state index contributed by atoms with van der Waals surface area (Å²) in [7, 11) is 0. The lowest BCUT2D eigenvalue weighted by molar-refractivity contribution is -0.154. The number of aryl methyl sites for hydroxylation is 1. The van der Waals surface area contributed by atoms with E-state index in [1.165, 1.54) is 12.1 Å². The van der Waals surface area contributed by atoms with E-state index in [-0.39, 0.29) is 12.1 Å². The van der Waals surface area contributed by atoms with Crippen molar-refractivity contribution in [2.45, 2.75) is 19.8 Å². The van der Waals surface area contributed by atoms with E-state index in [2.05, 4.69) is 5.32 Å². The lowest BCUT2D eigenvalue weighted by Crippen LogP contribution is -2.46. The van der Waals surface area contributed by atoms with E-state index < -0.39 is 23.1 Å². The number of halogens is 1. The lowest BCUT2D eigenvalue weighted by atomic mass is 9.80. The summed E-state index contributed by atoms with van der Waals surface area (Å²) < 4.78 is 18.8. The monoisotopic (exact) mass is 295 g/mol. The van der Waals surface area contributed by atoms with E-state index in [0.29, 0.717) is 26.1 Å². The first-order chi connectivity index (χ1) is 9.94. The third-order valence-corrected chi connectivity index (χ3v) is 3.86. The van der Waals surface area contributed by atoms with Crippen molar-refractivity contribution in [3.05, 3.63) is 35.1 Å². The van der Waals surface area contributed by atoms with Crippen LogP contribution in [0.15, 0.2) is 18.2 Å². The quantitative estimate of drug-likeness (QED) is 0.887. The Morgan fingerprint density at radius 1 is 1.38 bits per heavy atom. The van der Waals surface area contributed by atoms with Crippen LogP contribution in [-0.2, 0) is 9.53 Å². The smallest absolute Gasteiger partial charge is 0.311 e. The molecule has 0 aliphatic carbocycles. The van der Waals surface area contributed by atoms with Gasteiger partial charge in [-0.15, -0.1) is 0 Å². The summed E-state index contributed by atoms with van der Waals surface area (Å²) in [6, 6.07) is 4.25. The molecule has 1 aliphatic rings. The molecule has 0 bridgehead atoms. The highest BCUT2D eigenvalue weighted by molar-refractivity contribution is 5.95. The van der Waals surface area contributed by atoms with Crippen LogP contribution in [0.4, 0.5) is 4.39 Å². The van der Waals surface area contributed by atoms with Gasteiger partial charge in [-0.1, -0.05) is 11.6 Å². The number of carboxylic acid groups (broad SMARTS) is 1. The van der Waals surface area contributed by atoms with Gasteiger partial charge >= 0.3 is 5.97 Å². The van der Waals surface area contributed by atoms with Gasteiger partial charge in [-0.3, -0.25) is 9.59 Å². The topological polar surface area (TPSA) is 75.6 Å². The molecule has 0 radical (unpaired) electrons. The average Bonchev–Trinajstić information content (AvgIpc) is 2.48. The van der Waals surface area contributed by atoms with Gasteiger partial charge in [0.15, 0.2) is 0 Å². The van der Waals surface area contributed by atoms with E-state index in [1.54, 1.807) is 13.0 Å². The van der Waals surface area contributed by atoms with Crippen LogP contribution in [0.25, 0.3) is 0 Å². The zero-order valence-corrected chi connectivity index (χ0v) is 11.8. The van der Waals surface area contributed by atoms with Crippen LogP contribution < -0.4 is 5.32 Å². The molecule has 1 aliphatic heterocycles. The van der Waals surface area contributed by atoms with Gasteiger partial charge in [-0.2, -0.15) is 0 Å². The fourth-order valence-electron chi connectivity index (χ4n) is 2.39. The molecule has 0 aromatic heterocycles. The summed E-state index contributed by atoms with van der Waals surface area (Å²) >= 11 is 0. The Balaban J connectivity index is 2.08. The van der Waals surface area contributed by atoms with Crippen LogP contribution in [0.2, 0.25) is 0 Å². The Morgan fingerprint density at radius 3 is 2.67 bits per heavy atom. The minimum atomic E-state index is -1.03. The molecule has 1 heterocycles. The molecule has 0 spiro atoms. The first-order valence-electron chi connectivity index (χ1n) is 6.80. The van der Waals surface area contributed by atoms with E-state index >= 15 is 0 Å². The molecular formula is C15H18FNO4. The molecule has 2 rings (SSSR count). The van der Waals surface area contributed by atoms with Gasteiger partial charge in [0.05, 0.1) is 11.0 Å². The number of rotatable bonds is 4. The third kappa shape index (κ3) is 3.39. The maximum absolute atomic E-state index is 13.6. The number of hydrogen-bond acceptors (Lipinski definition) is 3. The fourth-order valence-corrected chi connectivity index (χ4v) is 2.39. The molecule has 1 amide bonds. The third-order valence-electron chi connectivity index (χ3n) is 3.86. The molecular weight excluding hydrogens is 277 g/mol. The molecule has 5 nitrogen and oxygen atoms in total. The Kier molecular flexibility index (Phi) is 4.57. The molecule has 114 valence electrons. The van der Waals surface area contributed by atoms with Crippen LogP contribution in [-0.4, -0.2) is 36.7 Å². The Morgan fingerprint density at radius 2 is 2.05 bits per heavy atom. The van der Waals surface area contributed by atoms with E-state index in [0.717, 1.165) is 5.56 Å². The number of carbonyl (C=O) groups excluding carboxylic acids is 1. The van der Waals surface area contributed by atoms with Crippen LogP contribution in [0.5, 0.6) is 0 Å². The van der Waals surface area contributed by atoms with Gasteiger partial charge in [-0.25, -0.2) is 4.39 Å². The normalized spacial score (nSPS) is 17.2. The molecule has 6 heteroatoms. The maximum atomic E-state index is 13.6. The number of ether oxygens (including phenoxy) is 1. The van der Waals surface area contributed by atoms with E-state index in [4.69, 9.17) is 4.74 Å². The van der Waals surface area contributed by atoms with Crippen LogP contribution in [0, 0.1) is 18.2 Å². The van der Waals surface area contributed by atoms with Crippen molar-refractivity contribution in [3.63, 3.8) is 0 Å². The van der Waals surface area contributed by atoms with Crippen molar-refractivity contribution in [2.75, 3.05) is 19.8 Å². The molecule has 0 saturated carbocycles. The predicted molar refractivity (Wildman–Crippen MR) is 73.6 cm³/mol. The van der Waals surface area contributed by atoms with Gasteiger partial charge in [-0.05, 0) is 31.9 Å². The van der Waals surface area contributed by atoms with E-state index in [9.17, 15) is 19.1 Å². The number of nitrogens with one attached hydrogen (secondary N) is 1. The van der Waals surface area contributed by atoms with Crippen LogP contribution in [0.3, 0.4) is 0 Å². The van der Waals surface area contributed by atoms with Crippen molar-refractivity contribution in [3.8, 4) is 0 Å². The highest BCUT2D eigenvalue weighted by Crippen LogP contribution is 2.30. The second-order valence-electron chi connectivity index (χ2n) is 5.36. The molecule has 1 fully saturated rings. The first-order valence-corrected chi connectivity index (χ1v) is 6.80. The predicted octanol–water partition coefficient (Wildman–Crippen LogP) is 1.75. The van der Waals surface area contributed by atoms with Crippen LogP contribution in [0.1, 0.15) is 28.8 Å². The number of aliphatic carboxylic acids is 1. The Labute approximate surface area is 122 Å². The number of carbonyl (C=O) groups is 2. The molecule has 0 atom stereocenters. The Hall–Kier alpha value is -1.95. The van der Waals surface area contributed by atoms with Gasteiger partial charge in [0, 0.05) is 19.8 Å². The fraction of sp³-hybridized carbons (Fsp3) is 0.467. The minimum absolute atomic E-state index is 0.0299.